The van der Waals surface area contributed by atoms with Crippen LogP contribution < -0.4 is 10.6 Å². The first-order valence-electron chi connectivity index (χ1n) is 7.22. The lowest BCUT2D eigenvalue weighted by molar-refractivity contribution is 0.0947. The van der Waals surface area contributed by atoms with Crippen molar-refractivity contribution in [1.82, 2.24) is 10.3 Å². The monoisotopic (exact) mass is 297 g/mol. The number of hydrogen-bond acceptors (Lipinski definition) is 4. The first kappa shape index (κ1) is 15.7. The number of aromatic nitrogens is 1. The van der Waals surface area contributed by atoms with Gasteiger partial charge in [-0.25, -0.2) is 0 Å². The number of nitrogens with one attached hydrogen (secondary N) is 2. The molecule has 1 amide bonds. The Morgan fingerprint density at radius 2 is 1.82 bits per heavy atom. The highest BCUT2D eigenvalue weighted by atomic mass is 16.1. The van der Waals surface area contributed by atoms with Gasteiger partial charge in [-0.2, -0.15) is 0 Å². The van der Waals surface area contributed by atoms with Crippen LogP contribution in [0.15, 0.2) is 42.6 Å². The number of pyridine rings is 1. The fraction of sp³-hybridized carbons (Fsp3) is 0.235. The minimum Gasteiger partial charge on any atom is -0.355 e. The number of amides is 1. The van der Waals surface area contributed by atoms with E-state index in [2.05, 4.69) is 15.6 Å². The quantitative estimate of drug-likeness (QED) is 0.803. The highest BCUT2D eigenvalue weighted by molar-refractivity contribution is 5.94. The molecule has 5 nitrogen and oxygen atoms in total. The zero-order chi connectivity index (χ0) is 15.9. The average Bonchev–Trinajstić information content (AvgIpc) is 2.53. The molecule has 0 radical (unpaired) electrons. The Kier molecular flexibility index (Phi) is 5.25. The van der Waals surface area contributed by atoms with Crippen molar-refractivity contribution in [1.29, 1.82) is 0 Å². The third-order valence-corrected chi connectivity index (χ3v) is 3.11. The number of carbonyl (C=O) groups is 2. The van der Waals surface area contributed by atoms with Crippen molar-refractivity contribution in [2.45, 2.75) is 20.3 Å². The summed E-state index contributed by atoms with van der Waals surface area (Å²) in [6, 6.07) is 10.7. The van der Waals surface area contributed by atoms with Crippen LogP contribution in [-0.2, 0) is 0 Å². The normalized spacial score (nSPS) is 10.1. The molecule has 0 aliphatic carbocycles. The van der Waals surface area contributed by atoms with Gasteiger partial charge in [0, 0.05) is 29.7 Å². The summed E-state index contributed by atoms with van der Waals surface area (Å²) in [6.07, 6.45) is 2.47. The molecule has 0 saturated heterocycles. The minimum absolute atomic E-state index is 0.0327. The largest absolute Gasteiger partial charge is 0.355 e. The molecule has 1 aromatic heterocycles. The molecule has 2 aromatic rings. The van der Waals surface area contributed by atoms with E-state index in [-0.39, 0.29) is 11.7 Å². The summed E-state index contributed by atoms with van der Waals surface area (Å²) >= 11 is 0. The van der Waals surface area contributed by atoms with Gasteiger partial charge >= 0.3 is 0 Å². The van der Waals surface area contributed by atoms with Crippen molar-refractivity contribution in [2.24, 2.45) is 0 Å². The van der Waals surface area contributed by atoms with Crippen LogP contribution in [-0.4, -0.2) is 23.2 Å². The highest BCUT2D eigenvalue weighted by Gasteiger charge is 2.07. The second-order valence-electron chi connectivity index (χ2n) is 4.94. The predicted molar refractivity (Wildman–Crippen MR) is 86.6 cm³/mol. The molecule has 2 rings (SSSR count). The first-order chi connectivity index (χ1) is 10.6. The number of benzene rings is 1. The van der Waals surface area contributed by atoms with Gasteiger partial charge in [-0.3, -0.25) is 14.6 Å². The first-order valence-corrected chi connectivity index (χ1v) is 7.22. The van der Waals surface area contributed by atoms with Crippen LogP contribution >= 0.6 is 0 Å². The van der Waals surface area contributed by atoms with Gasteiger partial charge in [-0.15, -0.1) is 0 Å². The maximum absolute atomic E-state index is 11.9. The van der Waals surface area contributed by atoms with Crippen LogP contribution in [0.2, 0.25) is 0 Å². The van der Waals surface area contributed by atoms with Crippen LogP contribution in [0.1, 0.15) is 41.1 Å². The van der Waals surface area contributed by atoms with Gasteiger partial charge in [0.2, 0.25) is 0 Å². The Hall–Kier alpha value is -2.69. The summed E-state index contributed by atoms with van der Waals surface area (Å²) in [7, 11) is 0. The van der Waals surface area contributed by atoms with Crippen molar-refractivity contribution < 1.29 is 9.59 Å². The van der Waals surface area contributed by atoms with E-state index in [1.807, 2.05) is 19.1 Å². The number of rotatable bonds is 6. The van der Waals surface area contributed by atoms with Crippen molar-refractivity contribution in [3.05, 3.63) is 53.9 Å². The third-order valence-electron chi connectivity index (χ3n) is 3.11. The van der Waals surface area contributed by atoms with Gasteiger partial charge in [0.15, 0.2) is 5.78 Å². The Labute approximate surface area is 129 Å². The molecular formula is C17H19N3O2. The lowest BCUT2D eigenvalue weighted by Gasteiger charge is -2.08. The molecule has 5 heteroatoms. The van der Waals surface area contributed by atoms with E-state index in [0.717, 1.165) is 17.8 Å². The molecule has 114 valence electrons. The van der Waals surface area contributed by atoms with Crippen molar-refractivity contribution >= 4 is 23.1 Å². The highest BCUT2D eigenvalue weighted by Crippen LogP contribution is 2.17. The Bertz CT molecular complexity index is 666. The molecule has 1 heterocycles. The molecule has 0 aliphatic rings. The fourth-order valence-corrected chi connectivity index (χ4v) is 1.92. The summed E-state index contributed by atoms with van der Waals surface area (Å²) in [5.74, 6) is -0.150. The lowest BCUT2D eigenvalue weighted by Crippen LogP contribution is -2.24. The zero-order valence-electron chi connectivity index (χ0n) is 12.7. The molecule has 0 unspecified atom stereocenters. The van der Waals surface area contributed by atoms with Gasteiger partial charge < -0.3 is 10.6 Å². The molecule has 0 spiro atoms. The Morgan fingerprint density at radius 3 is 2.45 bits per heavy atom. The van der Waals surface area contributed by atoms with E-state index >= 15 is 0 Å². The maximum Gasteiger partial charge on any atom is 0.269 e. The van der Waals surface area contributed by atoms with Crippen molar-refractivity contribution in [2.75, 3.05) is 11.9 Å². The molecule has 0 aliphatic heterocycles. The number of carbonyl (C=O) groups excluding carboxylic acids is 2. The molecule has 22 heavy (non-hydrogen) atoms. The van der Waals surface area contributed by atoms with E-state index in [1.54, 1.807) is 30.5 Å². The van der Waals surface area contributed by atoms with Gasteiger partial charge in [-0.05, 0) is 49.7 Å². The van der Waals surface area contributed by atoms with Crippen LogP contribution in [0.4, 0.5) is 11.4 Å². The zero-order valence-corrected chi connectivity index (χ0v) is 12.7. The van der Waals surface area contributed by atoms with Crippen molar-refractivity contribution in [3.8, 4) is 0 Å². The van der Waals surface area contributed by atoms with Crippen LogP contribution in [0.5, 0.6) is 0 Å². The van der Waals surface area contributed by atoms with Crippen molar-refractivity contribution in [3.63, 3.8) is 0 Å². The van der Waals surface area contributed by atoms with E-state index in [9.17, 15) is 9.59 Å². The number of nitrogens with zero attached hydrogens (tertiary/aromatic N) is 1. The molecule has 1 aromatic carbocycles. The van der Waals surface area contributed by atoms with Crippen LogP contribution in [0, 0.1) is 0 Å². The maximum atomic E-state index is 11.9. The lowest BCUT2D eigenvalue weighted by atomic mass is 10.1. The van der Waals surface area contributed by atoms with Crippen LogP contribution in [0.25, 0.3) is 0 Å². The summed E-state index contributed by atoms with van der Waals surface area (Å²) < 4.78 is 0. The third kappa shape index (κ3) is 4.15. The summed E-state index contributed by atoms with van der Waals surface area (Å²) in [6.45, 7) is 4.16. The molecule has 0 bridgehead atoms. The molecule has 0 atom stereocenters. The Balaban J connectivity index is 2.09. The molecule has 0 saturated carbocycles. The van der Waals surface area contributed by atoms with E-state index in [1.165, 1.54) is 6.92 Å². The van der Waals surface area contributed by atoms with Gasteiger partial charge in [0.1, 0.15) is 5.69 Å². The van der Waals surface area contributed by atoms with E-state index in [4.69, 9.17) is 0 Å². The van der Waals surface area contributed by atoms with E-state index < -0.39 is 0 Å². The fourth-order valence-electron chi connectivity index (χ4n) is 1.92. The number of ketones is 1. The minimum atomic E-state index is -0.183. The summed E-state index contributed by atoms with van der Waals surface area (Å²) in [5, 5.41) is 5.98. The van der Waals surface area contributed by atoms with Gasteiger partial charge in [-0.1, -0.05) is 6.92 Å². The number of Topliss-reactive ketones (excluding diaryl/α,β-unsaturated/α-hetero) is 1. The summed E-state index contributed by atoms with van der Waals surface area (Å²) in [5.41, 5.74) is 2.65. The van der Waals surface area contributed by atoms with Gasteiger partial charge in [0.05, 0.1) is 0 Å². The molecule has 2 N–H and O–H groups in total. The standard InChI is InChI=1S/C17H19N3O2/c1-3-9-19-17(22)16-11-15(8-10-18-16)20-14-6-4-13(5-7-14)12(2)21/h4-8,10-11H,3,9H2,1-2H3,(H,18,20)(H,19,22). The topological polar surface area (TPSA) is 71.1 Å². The van der Waals surface area contributed by atoms with E-state index in [0.29, 0.717) is 17.8 Å². The average molecular weight is 297 g/mol. The predicted octanol–water partition coefficient (Wildman–Crippen LogP) is 3.17. The number of hydrogen-bond donors (Lipinski definition) is 2. The Morgan fingerprint density at radius 1 is 1.09 bits per heavy atom. The van der Waals surface area contributed by atoms with Crippen LogP contribution in [0.3, 0.4) is 0 Å². The number of anilines is 2. The SMILES string of the molecule is CCCNC(=O)c1cc(Nc2ccc(C(C)=O)cc2)ccn1. The molecule has 0 fully saturated rings. The second kappa shape index (κ2) is 7.36. The smallest absolute Gasteiger partial charge is 0.269 e. The molecular weight excluding hydrogens is 278 g/mol. The second-order valence-corrected chi connectivity index (χ2v) is 4.94. The summed E-state index contributed by atoms with van der Waals surface area (Å²) in [4.78, 5) is 27.2. The van der Waals surface area contributed by atoms with Gasteiger partial charge in [0.25, 0.3) is 5.91 Å².